The molecule has 0 radical (unpaired) electrons. The zero-order valence-electron chi connectivity index (χ0n) is 23.3. The average molecular weight is 584 g/mol. The van der Waals surface area contributed by atoms with Crippen LogP contribution in [-0.2, 0) is 29.6 Å². The number of anilines is 1. The van der Waals surface area contributed by atoms with E-state index in [1.807, 2.05) is 47.9 Å². The van der Waals surface area contributed by atoms with Gasteiger partial charge in [0.25, 0.3) is 5.56 Å². The number of halogens is 1. The molecule has 2 aliphatic carbocycles. The highest BCUT2D eigenvalue weighted by Crippen LogP contribution is 2.48. The number of hydrogen-bond acceptors (Lipinski definition) is 4. The molecule has 6 rings (SSSR count). The van der Waals surface area contributed by atoms with Gasteiger partial charge in [-0.05, 0) is 61.4 Å². The Bertz CT molecular complexity index is 1640. The molecule has 0 atom stereocenters. The van der Waals surface area contributed by atoms with Crippen molar-refractivity contribution < 1.29 is 4.79 Å². The van der Waals surface area contributed by atoms with Crippen molar-refractivity contribution >= 4 is 35.0 Å². The van der Waals surface area contributed by atoms with Crippen LogP contribution >= 0.6 is 23.4 Å². The molecule has 1 N–H and O–H groups in total. The fourth-order valence-electron chi connectivity index (χ4n) is 6.47. The van der Waals surface area contributed by atoms with Gasteiger partial charge in [-0.25, -0.2) is 4.98 Å². The number of rotatable bonds is 7. The maximum atomic E-state index is 14.6. The van der Waals surface area contributed by atoms with E-state index in [1.165, 1.54) is 29.3 Å². The monoisotopic (exact) mass is 583 g/mol. The molecule has 0 bridgehead atoms. The molecule has 0 unspecified atom stereocenters. The highest BCUT2D eigenvalue weighted by atomic mass is 35.5. The minimum Gasteiger partial charge on any atom is -0.325 e. The van der Waals surface area contributed by atoms with Gasteiger partial charge in [0.1, 0.15) is 0 Å². The maximum absolute atomic E-state index is 14.6. The number of nitrogens with one attached hydrogen (secondary N) is 1. The molecule has 5 nitrogen and oxygen atoms in total. The number of carbonyl (C=O) groups is 1. The van der Waals surface area contributed by atoms with E-state index >= 15 is 0 Å². The van der Waals surface area contributed by atoms with Gasteiger partial charge in [-0.2, -0.15) is 0 Å². The minimum atomic E-state index is -0.175. The van der Waals surface area contributed by atoms with E-state index in [1.54, 1.807) is 6.07 Å². The van der Waals surface area contributed by atoms with Gasteiger partial charge in [-0.15, -0.1) is 0 Å². The first-order valence-corrected chi connectivity index (χ1v) is 15.8. The van der Waals surface area contributed by atoms with Crippen LogP contribution < -0.4 is 10.9 Å². The van der Waals surface area contributed by atoms with E-state index in [2.05, 4.69) is 35.6 Å². The first-order valence-electron chi connectivity index (χ1n) is 14.4. The number of aromatic nitrogens is 2. The van der Waals surface area contributed by atoms with Crippen LogP contribution in [0.1, 0.15) is 54.4 Å². The van der Waals surface area contributed by atoms with Crippen LogP contribution in [0.2, 0.25) is 5.02 Å². The second-order valence-electron chi connectivity index (χ2n) is 11.2. The van der Waals surface area contributed by atoms with Crippen LogP contribution in [0, 0.1) is 6.92 Å². The quantitative estimate of drug-likeness (QED) is 0.180. The summed E-state index contributed by atoms with van der Waals surface area (Å²) in [6.07, 6.45) is 7.10. The SMILES string of the molecule is Cc1c(Cl)cccc1NC(=O)CSc1nc2c(c(=O)n1CCc1ccccc1)C1(CCCCC1)Cc1ccccc1-2. The average Bonchev–Trinajstić information content (AvgIpc) is 2.99. The van der Waals surface area contributed by atoms with Gasteiger partial charge in [-0.3, -0.25) is 14.2 Å². The predicted molar refractivity (Wildman–Crippen MR) is 168 cm³/mol. The summed E-state index contributed by atoms with van der Waals surface area (Å²) in [4.78, 5) is 32.8. The van der Waals surface area contributed by atoms with Crippen molar-refractivity contribution in [3.63, 3.8) is 0 Å². The molecule has 3 aromatic carbocycles. The number of benzene rings is 3. The van der Waals surface area contributed by atoms with Gasteiger partial charge >= 0.3 is 0 Å². The summed E-state index contributed by atoms with van der Waals surface area (Å²) in [5.74, 6) is -0.0268. The molecule has 41 heavy (non-hydrogen) atoms. The van der Waals surface area contributed by atoms with E-state index in [0.717, 1.165) is 54.5 Å². The third kappa shape index (κ3) is 5.60. The molecule has 1 spiro atoms. The van der Waals surface area contributed by atoms with E-state index in [9.17, 15) is 9.59 Å². The van der Waals surface area contributed by atoms with Gasteiger partial charge in [-0.1, -0.05) is 103 Å². The molecule has 7 heteroatoms. The first kappa shape index (κ1) is 27.8. The van der Waals surface area contributed by atoms with Crippen LogP contribution in [0.25, 0.3) is 11.3 Å². The number of amides is 1. The molecule has 4 aromatic rings. The first-order chi connectivity index (χ1) is 19.9. The summed E-state index contributed by atoms with van der Waals surface area (Å²) >= 11 is 7.58. The van der Waals surface area contributed by atoms with Crippen LogP contribution in [0.4, 0.5) is 5.69 Å². The van der Waals surface area contributed by atoms with Crippen molar-refractivity contribution in [1.29, 1.82) is 0 Å². The highest BCUT2D eigenvalue weighted by molar-refractivity contribution is 7.99. The molecule has 210 valence electrons. The van der Waals surface area contributed by atoms with Crippen molar-refractivity contribution in [2.45, 2.75) is 69.0 Å². The zero-order valence-corrected chi connectivity index (χ0v) is 24.9. The van der Waals surface area contributed by atoms with E-state index in [-0.39, 0.29) is 22.6 Å². The number of fused-ring (bicyclic) bond motifs is 4. The summed E-state index contributed by atoms with van der Waals surface area (Å²) in [7, 11) is 0. The van der Waals surface area contributed by atoms with Crippen LogP contribution in [0.5, 0.6) is 0 Å². The molecule has 0 aliphatic heterocycles. The Morgan fingerprint density at radius 1 is 1.00 bits per heavy atom. The Labute approximate surface area is 250 Å². The number of nitrogens with zero attached hydrogens (tertiary/aromatic N) is 2. The Hall–Kier alpha value is -3.35. The zero-order chi connectivity index (χ0) is 28.4. The molecule has 1 saturated carbocycles. The Kier molecular flexibility index (Phi) is 8.05. The molecule has 2 aliphatic rings. The van der Waals surface area contributed by atoms with Crippen molar-refractivity contribution in [3.05, 3.63) is 110 Å². The third-order valence-electron chi connectivity index (χ3n) is 8.62. The summed E-state index contributed by atoms with van der Waals surface area (Å²) in [6.45, 7) is 2.40. The predicted octanol–water partition coefficient (Wildman–Crippen LogP) is 7.60. The number of thioether (sulfide) groups is 1. The van der Waals surface area contributed by atoms with Gasteiger partial charge in [0.05, 0.1) is 17.0 Å². The largest absolute Gasteiger partial charge is 0.325 e. The van der Waals surface area contributed by atoms with Gasteiger partial charge in [0, 0.05) is 28.2 Å². The van der Waals surface area contributed by atoms with Crippen LogP contribution in [0.3, 0.4) is 0 Å². The second kappa shape index (κ2) is 11.9. The molecule has 1 fully saturated rings. The molecule has 0 saturated heterocycles. The lowest BCUT2D eigenvalue weighted by molar-refractivity contribution is -0.113. The lowest BCUT2D eigenvalue weighted by Gasteiger charge is -2.42. The second-order valence-corrected chi connectivity index (χ2v) is 12.6. The number of aryl methyl sites for hydroxylation is 1. The number of hydrogen-bond donors (Lipinski definition) is 1. The summed E-state index contributed by atoms with van der Waals surface area (Å²) in [6, 6.07) is 24.1. The lowest BCUT2D eigenvalue weighted by Crippen LogP contribution is -2.43. The maximum Gasteiger partial charge on any atom is 0.258 e. The lowest BCUT2D eigenvalue weighted by atomic mass is 9.62. The van der Waals surface area contributed by atoms with E-state index in [4.69, 9.17) is 16.6 Å². The minimum absolute atomic E-state index is 0.0518. The van der Waals surface area contributed by atoms with Crippen molar-refractivity contribution in [2.75, 3.05) is 11.1 Å². The van der Waals surface area contributed by atoms with Crippen LogP contribution in [0.15, 0.2) is 82.7 Å². The molecular weight excluding hydrogens is 550 g/mol. The standard InChI is InChI=1S/C34H34ClN3O2S/c1-23-27(35)15-10-16-28(23)36-29(39)22-41-33-37-31-26-14-7-6-13-25(26)21-34(18-8-3-9-19-34)30(31)32(40)38(33)20-17-24-11-4-2-5-12-24/h2,4-7,10-16H,3,8-9,17-22H2,1H3,(H,36,39). The van der Waals surface area contributed by atoms with E-state index < -0.39 is 0 Å². The smallest absolute Gasteiger partial charge is 0.258 e. The van der Waals surface area contributed by atoms with Crippen molar-refractivity contribution in [2.24, 2.45) is 0 Å². The van der Waals surface area contributed by atoms with Crippen molar-refractivity contribution in [1.82, 2.24) is 9.55 Å². The van der Waals surface area contributed by atoms with Gasteiger partial charge in [0.2, 0.25) is 5.91 Å². The molecule has 1 amide bonds. The summed E-state index contributed by atoms with van der Waals surface area (Å²) < 4.78 is 1.83. The van der Waals surface area contributed by atoms with Crippen molar-refractivity contribution in [3.8, 4) is 11.3 Å². The Morgan fingerprint density at radius 3 is 2.56 bits per heavy atom. The third-order valence-corrected chi connectivity index (χ3v) is 10.0. The fourth-order valence-corrected chi connectivity index (χ4v) is 7.47. The van der Waals surface area contributed by atoms with E-state index in [0.29, 0.717) is 28.8 Å². The summed E-state index contributed by atoms with van der Waals surface area (Å²) in [5, 5.41) is 4.17. The number of carbonyl (C=O) groups excluding carboxylic acids is 1. The summed E-state index contributed by atoms with van der Waals surface area (Å²) in [5.41, 5.74) is 6.56. The van der Waals surface area contributed by atoms with Gasteiger partial charge in [0.15, 0.2) is 5.16 Å². The molecular formula is C34H34ClN3O2S. The molecule has 1 aromatic heterocycles. The molecule has 1 heterocycles. The van der Waals surface area contributed by atoms with Crippen LogP contribution in [-0.4, -0.2) is 21.2 Å². The Morgan fingerprint density at radius 2 is 1.76 bits per heavy atom. The van der Waals surface area contributed by atoms with Gasteiger partial charge < -0.3 is 5.32 Å². The highest BCUT2D eigenvalue weighted by Gasteiger charge is 2.43. The fraction of sp³-hybridized carbons (Fsp3) is 0.324. The normalized spacial score (nSPS) is 15.3. The topological polar surface area (TPSA) is 64.0 Å². The Balaban J connectivity index is 1.39.